The third kappa shape index (κ3) is 1.48. The van der Waals surface area contributed by atoms with E-state index in [1.165, 1.54) is 6.92 Å². The van der Waals surface area contributed by atoms with Crippen LogP contribution in [0, 0.1) is 0 Å². The molecule has 2 amide bonds. The summed E-state index contributed by atoms with van der Waals surface area (Å²) in [6.45, 7) is 2.77. The number of piperidine rings is 1. The Kier molecular flexibility index (Phi) is 2.39. The minimum absolute atomic E-state index is 0.0694. The summed E-state index contributed by atoms with van der Waals surface area (Å²) >= 11 is 0. The quantitative estimate of drug-likeness (QED) is 0.520. The second kappa shape index (κ2) is 3.13. The van der Waals surface area contributed by atoms with Gasteiger partial charge < -0.3 is 0 Å². The molecule has 1 fully saturated rings. The number of likely N-dealkylation sites (tertiary alicyclic amines) is 1. The molecule has 0 aliphatic carbocycles. The summed E-state index contributed by atoms with van der Waals surface area (Å²) in [5.41, 5.74) is 0. The smallest absolute Gasteiger partial charge is 0.231 e. The lowest BCUT2D eigenvalue weighted by Gasteiger charge is -2.29. The highest BCUT2D eigenvalue weighted by Gasteiger charge is 2.36. The van der Waals surface area contributed by atoms with Crippen LogP contribution in [0.25, 0.3) is 0 Å². The molecule has 0 aromatic heterocycles. The molecule has 1 aliphatic heterocycles. The van der Waals surface area contributed by atoms with Gasteiger partial charge in [-0.05, 0) is 19.3 Å². The maximum Gasteiger partial charge on any atom is 0.450 e. The van der Waals surface area contributed by atoms with Crippen molar-refractivity contribution in [1.82, 2.24) is 0 Å². The predicted molar refractivity (Wildman–Crippen MR) is 40.2 cm³/mol. The normalized spacial score (nSPS) is 22.6. The second-order valence-corrected chi connectivity index (χ2v) is 3.09. The van der Waals surface area contributed by atoms with Crippen molar-refractivity contribution in [2.45, 2.75) is 26.2 Å². The molecule has 1 aliphatic rings. The summed E-state index contributed by atoms with van der Waals surface area (Å²) < 4.78 is -0.0694. The highest BCUT2D eigenvalue weighted by molar-refractivity contribution is 5.73. The molecule has 0 aromatic carbocycles. The van der Waals surface area contributed by atoms with E-state index in [1.54, 1.807) is 0 Å². The molecule has 0 bridgehead atoms. The van der Waals surface area contributed by atoms with Gasteiger partial charge in [0.2, 0.25) is 0 Å². The summed E-state index contributed by atoms with van der Waals surface area (Å²) in [6, 6.07) is 0. The van der Waals surface area contributed by atoms with Gasteiger partial charge in [0.15, 0.2) is 0 Å². The van der Waals surface area contributed by atoms with Gasteiger partial charge in [-0.15, -0.1) is 0 Å². The molecule has 0 spiro atoms. The minimum atomic E-state index is -0.0697. The lowest BCUT2D eigenvalue weighted by Crippen LogP contribution is -2.53. The van der Waals surface area contributed by atoms with E-state index < -0.39 is 0 Å². The zero-order valence-electron chi connectivity index (χ0n) is 6.80. The zero-order valence-corrected chi connectivity index (χ0v) is 6.80. The zero-order chi connectivity index (χ0) is 8.32. The number of imide groups is 1. The van der Waals surface area contributed by atoms with Crippen LogP contribution in [0.3, 0.4) is 0 Å². The van der Waals surface area contributed by atoms with Crippen LogP contribution in [-0.2, 0) is 9.59 Å². The number of amides is 2. The molecule has 3 heteroatoms. The third-order valence-electron chi connectivity index (χ3n) is 2.36. The van der Waals surface area contributed by atoms with Crippen LogP contribution >= 0.6 is 0 Å². The van der Waals surface area contributed by atoms with Gasteiger partial charge in [0.25, 0.3) is 0 Å². The minimum Gasteiger partial charge on any atom is -0.231 e. The van der Waals surface area contributed by atoms with Crippen molar-refractivity contribution in [3.05, 3.63) is 0 Å². The monoisotopic (exact) mass is 155 g/mol. The Balaban J connectivity index is 2.72. The van der Waals surface area contributed by atoms with E-state index in [1.807, 2.05) is 6.41 Å². The van der Waals surface area contributed by atoms with Crippen molar-refractivity contribution < 1.29 is 14.1 Å². The Hall–Kier alpha value is -0.700. The Bertz CT molecular complexity index is 171. The third-order valence-corrected chi connectivity index (χ3v) is 2.36. The van der Waals surface area contributed by atoms with E-state index in [4.69, 9.17) is 0 Å². The molecule has 61 valence electrons. The number of nitrogens with zero attached hydrogens (tertiary/aromatic N) is 1. The van der Waals surface area contributed by atoms with Crippen LogP contribution in [-0.4, -0.2) is 29.9 Å². The Morgan fingerprint density at radius 3 is 2.09 bits per heavy atom. The van der Waals surface area contributed by atoms with E-state index in [0.29, 0.717) is 13.1 Å². The molecule has 1 radical (unpaired) electrons. The van der Waals surface area contributed by atoms with Gasteiger partial charge in [-0.25, -0.2) is 9.59 Å². The summed E-state index contributed by atoms with van der Waals surface area (Å²) in [5.74, 6) is -0.0697. The van der Waals surface area contributed by atoms with Crippen molar-refractivity contribution in [1.29, 1.82) is 0 Å². The fraction of sp³-hybridized carbons (Fsp3) is 0.750. The first-order chi connectivity index (χ1) is 5.21. The summed E-state index contributed by atoms with van der Waals surface area (Å²) in [6.07, 6.45) is 4.92. The van der Waals surface area contributed by atoms with Gasteiger partial charge in [-0.2, -0.15) is 4.48 Å². The molecule has 0 N–H and O–H groups in total. The van der Waals surface area contributed by atoms with Crippen molar-refractivity contribution in [3.63, 3.8) is 0 Å². The Morgan fingerprint density at radius 1 is 1.27 bits per heavy atom. The predicted octanol–water partition coefficient (Wildman–Crippen LogP) is 0.601. The molecule has 0 saturated carbocycles. The number of quaternary nitrogens is 1. The molecule has 0 unspecified atom stereocenters. The average Bonchev–Trinajstić information content (AvgIpc) is 2.05. The van der Waals surface area contributed by atoms with Gasteiger partial charge in [0, 0.05) is 0 Å². The maximum absolute atomic E-state index is 11.1. The standard InChI is InChI=1S/C8H13NO2/c1-8(11)9(7-10)5-3-2-4-6-9/h2-6H2,1H3/q+1. The largest absolute Gasteiger partial charge is 0.450 e. The molecule has 1 rings (SSSR count). The summed E-state index contributed by atoms with van der Waals surface area (Å²) in [5, 5.41) is 0. The fourth-order valence-corrected chi connectivity index (χ4v) is 1.52. The van der Waals surface area contributed by atoms with Crippen LogP contribution in [0.1, 0.15) is 26.2 Å². The number of carbonyl (C=O) groups excluding carboxylic acids is 2. The highest BCUT2D eigenvalue weighted by Crippen LogP contribution is 2.16. The van der Waals surface area contributed by atoms with E-state index in [0.717, 1.165) is 19.3 Å². The first-order valence-corrected chi connectivity index (χ1v) is 3.99. The van der Waals surface area contributed by atoms with Crippen LogP contribution in [0.4, 0.5) is 0 Å². The molecule has 11 heavy (non-hydrogen) atoms. The molecular formula is C8H13NO2+. The van der Waals surface area contributed by atoms with Gasteiger partial charge in [-0.1, -0.05) is 0 Å². The van der Waals surface area contributed by atoms with Gasteiger partial charge in [0.05, 0.1) is 20.0 Å². The number of carbonyl (C=O) groups is 1. The fourth-order valence-electron chi connectivity index (χ4n) is 1.52. The molecule has 1 saturated heterocycles. The first kappa shape index (κ1) is 8.40. The topological polar surface area (TPSA) is 34.1 Å². The van der Waals surface area contributed by atoms with E-state index >= 15 is 0 Å². The van der Waals surface area contributed by atoms with Gasteiger partial charge in [0.1, 0.15) is 0 Å². The van der Waals surface area contributed by atoms with E-state index in [2.05, 4.69) is 0 Å². The van der Waals surface area contributed by atoms with Gasteiger partial charge >= 0.3 is 12.3 Å². The molecule has 3 nitrogen and oxygen atoms in total. The number of hydrogen-bond acceptors (Lipinski definition) is 2. The van der Waals surface area contributed by atoms with E-state index in [-0.39, 0.29) is 10.4 Å². The lowest BCUT2D eigenvalue weighted by atomic mass is 10.1. The molecule has 0 atom stereocenters. The lowest BCUT2D eigenvalue weighted by molar-refractivity contribution is -0.766. The van der Waals surface area contributed by atoms with E-state index in [9.17, 15) is 9.59 Å². The molecule has 1 heterocycles. The van der Waals surface area contributed by atoms with Crippen LogP contribution in [0.15, 0.2) is 0 Å². The van der Waals surface area contributed by atoms with Crippen molar-refractivity contribution in [2.75, 3.05) is 13.1 Å². The maximum atomic E-state index is 11.1. The van der Waals surface area contributed by atoms with Crippen molar-refractivity contribution in [3.8, 4) is 0 Å². The second-order valence-electron chi connectivity index (χ2n) is 3.09. The van der Waals surface area contributed by atoms with Crippen molar-refractivity contribution >= 4 is 12.3 Å². The summed E-state index contributed by atoms with van der Waals surface area (Å²) in [4.78, 5) is 21.6. The molecule has 0 aromatic rings. The number of rotatable bonds is 1. The average molecular weight is 155 g/mol. The highest BCUT2D eigenvalue weighted by atomic mass is 16.2. The summed E-state index contributed by atoms with van der Waals surface area (Å²) in [7, 11) is 0. The number of hydrogen-bond donors (Lipinski definition) is 0. The Morgan fingerprint density at radius 2 is 1.82 bits per heavy atom. The van der Waals surface area contributed by atoms with Crippen LogP contribution in [0.2, 0.25) is 0 Å². The molecular weight excluding hydrogens is 142 g/mol. The van der Waals surface area contributed by atoms with Crippen molar-refractivity contribution in [2.24, 2.45) is 0 Å². The Labute approximate surface area is 66.6 Å². The van der Waals surface area contributed by atoms with Crippen LogP contribution < -0.4 is 0 Å². The SMILES string of the molecule is CC(=O)[N+]1([C]=O)CCCCC1. The van der Waals surface area contributed by atoms with Gasteiger partial charge in [-0.3, -0.25) is 0 Å². The first-order valence-electron chi connectivity index (χ1n) is 3.99. The van der Waals surface area contributed by atoms with Crippen LogP contribution in [0.5, 0.6) is 0 Å².